The maximum absolute atomic E-state index is 13.2. The van der Waals surface area contributed by atoms with E-state index < -0.39 is 36.4 Å². The Bertz CT molecular complexity index is 1620. The molecule has 2 saturated heterocycles. The van der Waals surface area contributed by atoms with Crippen molar-refractivity contribution in [2.24, 2.45) is 0 Å². The molecule has 0 aromatic heterocycles. The van der Waals surface area contributed by atoms with Gasteiger partial charge in [0.2, 0.25) is 5.91 Å². The minimum atomic E-state index is -2.74. The summed E-state index contributed by atoms with van der Waals surface area (Å²) in [6, 6.07) is 15.2. The summed E-state index contributed by atoms with van der Waals surface area (Å²) in [6.07, 6.45) is 1.27. The topological polar surface area (TPSA) is 200 Å². The fraction of sp³-hybridized carbons (Fsp3) is 0.514. The van der Waals surface area contributed by atoms with Crippen molar-refractivity contribution in [2.45, 2.75) is 56.1 Å². The van der Waals surface area contributed by atoms with Gasteiger partial charge in [-0.2, -0.15) is 0 Å². The third-order valence-corrected chi connectivity index (χ3v) is 10.3. The number of benzene rings is 2. The molecule has 0 aliphatic carbocycles. The molecule has 54 heavy (non-hydrogen) atoms. The van der Waals surface area contributed by atoms with Crippen molar-refractivity contribution in [1.82, 2.24) is 24.5 Å². The molecule has 1 atom stereocenters. The van der Waals surface area contributed by atoms with Gasteiger partial charge in [0.15, 0.2) is 5.60 Å². The number of urea groups is 1. The highest BCUT2D eigenvalue weighted by molar-refractivity contribution is 6.42. The van der Waals surface area contributed by atoms with E-state index in [4.69, 9.17) is 43.6 Å². The van der Waals surface area contributed by atoms with Crippen molar-refractivity contribution in [2.75, 3.05) is 67.0 Å². The van der Waals surface area contributed by atoms with Crippen LogP contribution in [0.15, 0.2) is 48.5 Å². The van der Waals surface area contributed by atoms with Gasteiger partial charge in [-0.05, 0) is 62.1 Å². The van der Waals surface area contributed by atoms with E-state index in [9.17, 15) is 28.8 Å². The standard InChI is InChI=1S/C31H41Cl2N5O3.C6H8O7/c1-34(2)29(39)22-37-15-7-16-38(31(37)41)26-13-18-36(19-14-26)17-12-25(24-10-11-27(32)28(33)20-24)21-35(3)30(40)23-8-5-4-6-9-23;7-3(8)1-6(13,5(11)12)2-4(9)10/h4-6,8-11,20,25-26H,7,12-19,21-22H2,1-3H3;13H,1-2H2,(H,7,8)(H,9,10)(H,11,12)/t25-;/m1./s1. The predicted octanol–water partition coefficient (Wildman–Crippen LogP) is 3.67. The van der Waals surface area contributed by atoms with E-state index in [2.05, 4.69) is 4.90 Å². The first-order chi connectivity index (χ1) is 25.4. The largest absolute Gasteiger partial charge is 0.481 e. The van der Waals surface area contributed by atoms with Gasteiger partial charge >= 0.3 is 23.9 Å². The molecule has 2 aliphatic heterocycles. The smallest absolute Gasteiger partial charge is 0.336 e. The molecule has 0 radical (unpaired) electrons. The molecule has 296 valence electrons. The molecule has 4 N–H and O–H groups in total. The maximum atomic E-state index is 13.2. The lowest BCUT2D eigenvalue weighted by molar-refractivity contribution is -0.170. The van der Waals surface area contributed by atoms with Gasteiger partial charge in [-0.1, -0.05) is 47.5 Å². The van der Waals surface area contributed by atoms with Crippen LogP contribution in [0.1, 0.15) is 60.4 Å². The van der Waals surface area contributed by atoms with E-state index in [0.717, 1.165) is 57.4 Å². The highest BCUT2D eigenvalue weighted by Gasteiger charge is 2.41. The van der Waals surface area contributed by atoms with Crippen molar-refractivity contribution >= 4 is 59.0 Å². The number of hydrogen-bond donors (Lipinski definition) is 4. The number of halogens is 2. The maximum Gasteiger partial charge on any atom is 0.336 e. The molecule has 17 heteroatoms. The quantitative estimate of drug-likeness (QED) is 0.205. The Morgan fingerprint density at radius 3 is 2.02 bits per heavy atom. The molecular formula is C37H49Cl2N5O10. The van der Waals surface area contributed by atoms with Gasteiger partial charge in [-0.15, -0.1) is 0 Å². The van der Waals surface area contributed by atoms with Crippen LogP contribution in [-0.4, -0.2) is 159 Å². The third kappa shape index (κ3) is 12.9. The zero-order chi connectivity index (χ0) is 40.2. The van der Waals surface area contributed by atoms with Gasteiger partial charge in [0.05, 0.1) is 22.9 Å². The SMILES string of the molecule is CN(C)C(=O)CN1CCCN(C2CCN(CC[C@H](CN(C)C(=O)c3ccccc3)c3ccc(Cl)c(Cl)c3)CC2)C1=O.O=C(O)CC(O)(CC(=O)O)C(=O)O. The van der Waals surface area contributed by atoms with Crippen molar-refractivity contribution in [1.29, 1.82) is 0 Å². The van der Waals surface area contributed by atoms with Crippen LogP contribution >= 0.6 is 23.2 Å². The molecule has 2 fully saturated rings. The van der Waals surface area contributed by atoms with Gasteiger partial charge < -0.3 is 44.9 Å². The highest BCUT2D eigenvalue weighted by atomic mass is 35.5. The summed E-state index contributed by atoms with van der Waals surface area (Å²) in [5.41, 5.74) is -1.01. The van der Waals surface area contributed by atoms with E-state index >= 15 is 0 Å². The molecule has 2 heterocycles. The van der Waals surface area contributed by atoms with Gasteiger partial charge in [0, 0.05) is 71.4 Å². The normalized spacial score (nSPS) is 15.9. The van der Waals surface area contributed by atoms with E-state index in [1.165, 1.54) is 4.90 Å². The number of nitrogens with zero attached hydrogens (tertiary/aromatic N) is 5. The summed E-state index contributed by atoms with van der Waals surface area (Å²) >= 11 is 12.6. The number of rotatable bonds is 15. The number of carboxylic acid groups (broad SMARTS) is 3. The first kappa shape index (κ1) is 44.0. The summed E-state index contributed by atoms with van der Waals surface area (Å²) in [5.74, 6) is -4.99. The number of likely N-dealkylation sites (N-methyl/N-ethyl adjacent to an activating group) is 2. The van der Waals surface area contributed by atoms with Crippen LogP contribution in [0.2, 0.25) is 10.0 Å². The molecular weight excluding hydrogens is 745 g/mol. The summed E-state index contributed by atoms with van der Waals surface area (Å²) in [5, 5.41) is 34.8. The number of carbonyl (C=O) groups is 6. The average molecular weight is 795 g/mol. The first-order valence-corrected chi connectivity index (χ1v) is 18.3. The molecule has 2 aliphatic rings. The minimum absolute atomic E-state index is 0.0102. The van der Waals surface area contributed by atoms with Crippen molar-refractivity contribution in [3.05, 3.63) is 69.7 Å². The lowest BCUT2D eigenvalue weighted by Crippen LogP contribution is -2.57. The van der Waals surface area contributed by atoms with E-state index in [0.29, 0.717) is 28.7 Å². The number of carboxylic acids is 3. The Kier molecular flexibility index (Phi) is 16.5. The third-order valence-electron chi connectivity index (χ3n) is 9.52. The molecule has 0 unspecified atom stereocenters. The van der Waals surface area contributed by atoms with Crippen molar-refractivity contribution in [3.63, 3.8) is 0 Å². The van der Waals surface area contributed by atoms with E-state index in [1.807, 2.05) is 60.5 Å². The van der Waals surface area contributed by atoms with E-state index in [1.54, 1.807) is 23.9 Å². The van der Waals surface area contributed by atoms with Crippen LogP contribution < -0.4 is 0 Å². The second-order valence-electron chi connectivity index (χ2n) is 13.8. The zero-order valence-electron chi connectivity index (χ0n) is 30.7. The Morgan fingerprint density at radius 1 is 0.870 bits per heavy atom. The molecule has 0 saturated carbocycles. The van der Waals surface area contributed by atoms with Gasteiger partial charge in [0.1, 0.15) is 6.54 Å². The van der Waals surface area contributed by atoms with Crippen LogP contribution in [0, 0.1) is 0 Å². The van der Waals surface area contributed by atoms with Crippen LogP contribution in [-0.2, 0) is 19.2 Å². The number of carbonyl (C=O) groups excluding carboxylic acids is 3. The Labute approximate surface area is 324 Å². The predicted molar refractivity (Wildman–Crippen MR) is 201 cm³/mol. The number of aliphatic hydroxyl groups is 1. The van der Waals surface area contributed by atoms with Crippen molar-refractivity contribution in [3.8, 4) is 0 Å². The summed E-state index contributed by atoms with van der Waals surface area (Å²) in [4.78, 5) is 78.3. The highest BCUT2D eigenvalue weighted by Crippen LogP contribution is 2.30. The fourth-order valence-corrected chi connectivity index (χ4v) is 6.75. The van der Waals surface area contributed by atoms with Crippen LogP contribution in [0.5, 0.6) is 0 Å². The van der Waals surface area contributed by atoms with Gasteiger partial charge in [0.25, 0.3) is 5.91 Å². The average Bonchev–Trinajstić information content (AvgIpc) is 3.11. The molecule has 2 aromatic rings. The lowest BCUT2D eigenvalue weighted by Gasteiger charge is -2.43. The Hall–Kier alpha value is -4.44. The first-order valence-electron chi connectivity index (χ1n) is 17.5. The molecule has 4 rings (SSSR count). The number of amides is 4. The molecule has 15 nitrogen and oxygen atoms in total. The zero-order valence-corrected chi connectivity index (χ0v) is 32.2. The van der Waals surface area contributed by atoms with Crippen molar-refractivity contribution < 1.29 is 49.2 Å². The monoisotopic (exact) mass is 793 g/mol. The summed E-state index contributed by atoms with van der Waals surface area (Å²) < 4.78 is 0. The second-order valence-corrected chi connectivity index (χ2v) is 14.6. The molecule has 0 bridgehead atoms. The molecule has 4 amide bonds. The Morgan fingerprint density at radius 2 is 1.48 bits per heavy atom. The number of likely N-dealkylation sites (tertiary alicyclic amines) is 1. The Balaban J connectivity index is 0.000000515. The van der Waals surface area contributed by atoms with Crippen LogP contribution in [0.3, 0.4) is 0 Å². The minimum Gasteiger partial charge on any atom is -0.481 e. The van der Waals surface area contributed by atoms with Crippen LogP contribution in [0.25, 0.3) is 0 Å². The van der Waals surface area contributed by atoms with Gasteiger partial charge in [-0.25, -0.2) is 9.59 Å². The van der Waals surface area contributed by atoms with Crippen LogP contribution in [0.4, 0.5) is 4.79 Å². The molecule has 0 spiro atoms. The van der Waals surface area contributed by atoms with Gasteiger partial charge in [-0.3, -0.25) is 19.2 Å². The lowest BCUT2D eigenvalue weighted by atomic mass is 9.93. The fourth-order valence-electron chi connectivity index (χ4n) is 6.45. The number of aliphatic carboxylic acids is 3. The number of piperidine rings is 1. The number of hydrogen-bond acceptors (Lipinski definition) is 8. The van der Waals surface area contributed by atoms with E-state index in [-0.39, 0.29) is 36.3 Å². The molecule has 2 aromatic carbocycles. The summed E-state index contributed by atoms with van der Waals surface area (Å²) in [7, 11) is 5.28. The second kappa shape index (κ2) is 20.3. The summed E-state index contributed by atoms with van der Waals surface area (Å²) in [6.45, 7) is 4.76.